The Balaban J connectivity index is 1.83. The number of benzene rings is 1. The maximum absolute atomic E-state index is 12.7. The largest absolute Gasteiger partial charge is 0.349 e. The van der Waals surface area contributed by atoms with Crippen LogP contribution in [-0.4, -0.2) is 29.6 Å². The molecule has 2 N–H and O–H groups in total. The van der Waals surface area contributed by atoms with Crippen LogP contribution in [-0.2, 0) is 0 Å². The Labute approximate surface area is 150 Å². The standard InChI is InChI=1S/C21H29N3O/c1-14(2)17-5-7-19(8-6-17)24-15(3)13-20(16(24)4)21(25)23-18-9-11-22-12-10-18/h5-8,13-14,18,22H,9-12H2,1-4H3,(H,23,25). The van der Waals surface area contributed by atoms with E-state index in [-0.39, 0.29) is 11.9 Å². The van der Waals surface area contributed by atoms with Gasteiger partial charge in [0, 0.05) is 23.1 Å². The zero-order valence-electron chi connectivity index (χ0n) is 15.7. The van der Waals surface area contributed by atoms with E-state index in [4.69, 9.17) is 0 Å². The van der Waals surface area contributed by atoms with E-state index in [1.165, 1.54) is 5.56 Å². The average molecular weight is 339 g/mol. The zero-order chi connectivity index (χ0) is 18.0. The zero-order valence-corrected chi connectivity index (χ0v) is 15.7. The van der Waals surface area contributed by atoms with Crippen LogP contribution in [0.1, 0.15) is 59.9 Å². The lowest BCUT2D eigenvalue weighted by molar-refractivity contribution is 0.0929. The van der Waals surface area contributed by atoms with Crippen LogP contribution in [0.25, 0.3) is 5.69 Å². The molecule has 0 spiro atoms. The third kappa shape index (κ3) is 3.79. The van der Waals surface area contributed by atoms with Gasteiger partial charge < -0.3 is 15.2 Å². The second kappa shape index (κ2) is 7.44. The fourth-order valence-corrected chi connectivity index (χ4v) is 3.63. The van der Waals surface area contributed by atoms with E-state index in [9.17, 15) is 4.79 Å². The molecule has 0 radical (unpaired) electrons. The first kappa shape index (κ1) is 17.7. The molecule has 4 heteroatoms. The fraction of sp³-hybridized carbons (Fsp3) is 0.476. The number of aryl methyl sites for hydroxylation is 1. The van der Waals surface area contributed by atoms with Crippen molar-refractivity contribution in [3.8, 4) is 5.69 Å². The highest BCUT2D eigenvalue weighted by atomic mass is 16.1. The number of piperidine rings is 1. The molecule has 4 nitrogen and oxygen atoms in total. The molecule has 1 aliphatic rings. The smallest absolute Gasteiger partial charge is 0.253 e. The van der Waals surface area contributed by atoms with Crippen molar-refractivity contribution < 1.29 is 4.79 Å². The maximum atomic E-state index is 12.7. The average Bonchev–Trinajstić information content (AvgIpc) is 2.90. The molecular weight excluding hydrogens is 310 g/mol. The van der Waals surface area contributed by atoms with Crippen LogP contribution in [0.15, 0.2) is 30.3 Å². The molecule has 2 aromatic rings. The minimum absolute atomic E-state index is 0.0463. The van der Waals surface area contributed by atoms with E-state index in [1.807, 2.05) is 13.0 Å². The van der Waals surface area contributed by atoms with Crippen molar-refractivity contribution in [3.63, 3.8) is 0 Å². The molecule has 0 bridgehead atoms. The van der Waals surface area contributed by atoms with Crippen LogP contribution in [0.2, 0.25) is 0 Å². The van der Waals surface area contributed by atoms with E-state index < -0.39 is 0 Å². The Bertz CT molecular complexity index is 737. The van der Waals surface area contributed by atoms with Crippen molar-refractivity contribution in [1.82, 2.24) is 15.2 Å². The molecule has 0 atom stereocenters. The maximum Gasteiger partial charge on any atom is 0.253 e. The molecule has 1 aromatic heterocycles. The van der Waals surface area contributed by atoms with Gasteiger partial charge in [-0.3, -0.25) is 4.79 Å². The summed E-state index contributed by atoms with van der Waals surface area (Å²) in [7, 11) is 0. The van der Waals surface area contributed by atoms with E-state index >= 15 is 0 Å². The van der Waals surface area contributed by atoms with Crippen molar-refractivity contribution in [3.05, 3.63) is 52.8 Å². The topological polar surface area (TPSA) is 46.1 Å². The van der Waals surface area contributed by atoms with Gasteiger partial charge in [0.2, 0.25) is 0 Å². The summed E-state index contributed by atoms with van der Waals surface area (Å²) in [6.07, 6.45) is 2.00. The highest BCUT2D eigenvalue weighted by molar-refractivity contribution is 5.96. The van der Waals surface area contributed by atoms with Gasteiger partial charge in [-0.05, 0) is 69.5 Å². The number of hydrogen-bond donors (Lipinski definition) is 2. The molecule has 1 saturated heterocycles. The number of amides is 1. The number of nitrogens with zero attached hydrogens (tertiary/aromatic N) is 1. The van der Waals surface area contributed by atoms with E-state index in [0.717, 1.165) is 48.6 Å². The number of carbonyl (C=O) groups excluding carboxylic acids is 1. The summed E-state index contributed by atoms with van der Waals surface area (Å²) >= 11 is 0. The SMILES string of the molecule is Cc1cc(C(=O)NC2CCNCC2)c(C)n1-c1ccc(C(C)C)cc1. The third-order valence-corrected chi connectivity index (χ3v) is 5.17. The van der Waals surface area contributed by atoms with Crippen LogP contribution >= 0.6 is 0 Å². The highest BCUT2D eigenvalue weighted by Gasteiger charge is 2.20. The monoisotopic (exact) mass is 339 g/mol. The number of nitrogens with one attached hydrogen (secondary N) is 2. The molecule has 1 aliphatic heterocycles. The van der Waals surface area contributed by atoms with E-state index in [1.54, 1.807) is 0 Å². The summed E-state index contributed by atoms with van der Waals surface area (Å²) in [5.74, 6) is 0.567. The Morgan fingerprint density at radius 1 is 1.16 bits per heavy atom. The summed E-state index contributed by atoms with van der Waals surface area (Å²) in [5.41, 5.74) is 5.31. The van der Waals surface area contributed by atoms with Crippen molar-refractivity contribution in [2.24, 2.45) is 0 Å². The predicted octanol–water partition coefficient (Wildman–Crippen LogP) is 3.70. The van der Waals surface area contributed by atoms with Gasteiger partial charge in [-0.25, -0.2) is 0 Å². The molecule has 134 valence electrons. The van der Waals surface area contributed by atoms with E-state index in [0.29, 0.717) is 5.92 Å². The highest BCUT2D eigenvalue weighted by Crippen LogP contribution is 2.23. The molecule has 3 rings (SSSR count). The summed E-state index contributed by atoms with van der Waals surface area (Å²) in [6.45, 7) is 10.4. The molecule has 2 heterocycles. The minimum atomic E-state index is 0.0463. The van der Waals surface area contributed by atoms with Crippen LogP contribution in [0.3, 0.4) is 0 Å². The molecule has 1 amide bonds. The normalized spacial score (nSPS) is 15.6. The second-order valence-electron chi connectivity index (χ2n) is 7.36. The summed E-state index contributed by atoms with van der Waals surface area (Å²) < 4.78 is 2.17. The van der Waals surface area contributed by atoms with Gasteiger partial charge in [0.05, 0.1) is 5.56 Å². The molecule has 25 heavy (non-hydrogen) atoms. The lowest BCUT2D eigenvalue weighted by Crippen LogP contribution is -2.42. The first-order chi connectivity index (χ1) is 12.0. The number of aromatic nitrogens is 1. The van der Waals surface area contributed by atoms with Gasteiger partial charge >= 0.3 is 0 Å². The first-order valence-electron chi connectivity index (χ1n) is 9.28. The van der Waals surface area contributed by atoms with Crippen molar-refractivity contribution >= 4 is 5.91 Å². The molecule has 0 unspecified atom stereocenters. The fourth-order valence-electron chi connectivity index (χ4n) is 3.63. The summed E-state index contributed by atoms with van der Waals surface area (Å²) in [4.78, 5) is 12.7. The predicted molar refractivity (Wildman–Crippen MR) is 103 cm³/mol. The van der Waals surface area contributed by atoms with Gasteiger partial charge in [0.15, 0.2) is 0 Å². The third-order valence-electron chi connectivity index (χ3n) is 5.17. The quantitative estimate of drug-likeness (QED) is 0.892. The van der Waals surface area contributed by atoms with E-state index in [2.05, 4.69) is 60.2 Å². The summed E-state index contributed by atoms with van der Waals surface area (Å²) in [6, 6.07) is 10.9. The second-order valence-corrected chi connectivity index (χ2v) is 7.36. The Morgan fingerprint density at radius 3 is 2.40 bits per heavy atom. The molecule has 0 saturated carbocycles. The molecule has 1 fully saturated rings. The van der Waals surface area contributed by atoms with Gasteiger partial charge in [0.25, 0.3) is 5.91 Å². The van der Waals surface area contributed by atoms with Crippen LogP contribution in [0, 0.1) is 13.8 Å². The molecular formula is C21H29N3O. The van der Waals surface area contributed by atoms with Crippen LogP contribution in [0.4, 0.5) is 0 Å². The lowest BCUT2D eigenvalue weighted by atomic mass is 10.0. The van der Waals surface area contributed by atoms with Gasteiger partial charge in [-0.2, -0.15) is 0 Å². The Kier molecular flexibility index (Phi) is 5.28. The number of hydrogen-bond acceptors (Lipinski definition) is 2. The van der Waals surface area contributed by atoms with Crippen LogP contribution < -0.4 is 10.6 Å². The Hall–Kier alpha value is -2.07. The number of carbonyl (C=O) groups is 1. The number of rotatable bonds is 4. The Morgan fingerprint density at radius 2 is 1.80 bits per heavy atom. The van der Waals surface area contributed by atoms with Gasteiger partial charge in [-0.15, -0.1) is 0 Å². The molecule has 1 aromatic carbocycles. The lowest BCUT2D eigenvalue weighted by Gasteiger charge is -2.23. The van der Waals surface area contributed by atoms with Crippen molar-refractivity contribution in [1.29, 1.82) is 0 Å². The van der Waals surface area contributed by atoms with Crippen LogP contribution in [0.5, 0.6) is 0 Å². The van der Waals surface area contributed by atoms with Crippen molar-refractivity contribution in [2.75, 3.05) is 13.1 Å². The van der Waals surface area contributed by atoms with Gasteiger partial charge in [0.1, 0.15) is 0 Å². The minimum Gasteiger partial charge on any atom is -0.349 e. The summed E-state index contributed by atoms with van der Waals surface area (Å²) in [5, 5.41) is 6.53. The molecule has 0 aliphatic carbocycles. The van der Waals surface area contributed by atoms with Crippen molar-refractivity contribution in [2.45, 2.75) is 52.5 Å². The van der Waals surface area contributed by atoms with Gasteiger partial charge in [-0.1, -0.05) is 26.0 Å². The first-order valence-corrected chi connectivity index (χ1v) is 9.28.